The summed E-state index contributed by atoms with van der Waals surface area (Å²) in [5, 5.41) is 2.17. The number of nitrogens with two attached hydrogens (primary N) is 1. The third-order valence-electron chi connectivity index (χ3n) is 2.30. The molecule has 1 aromatic heterocycles. The van der Waals surface area contributed by atoms with E-state index in [1.54, 1.807) is 6.20 Å². The SMILES string of the molecule is Nc1nccc(NN2CCCCC2)n1. The Bertz CT molecular complexity index is 295. The van der Waals surface area contributed by atoms with Crippen LogP contribution in [0, 0.1) is 0 Å². The number of aromatic nitrogens is 2. The maximum Gasteiger partial charge on any atom is 0.221 e. The molecular weight excluding hydrogens is 178 g/mol. The predicted octanol–water partition coefficient (Wildman–Crippen LogP) is 0.872. The smallest absolute Gasteiger partial charge is 0.221 e. The van der Waals surface area contributed by atoms with Gasteiger partial charge in [-0.15, -0.1) is 0 Å². The molecule has 0 radical (unpaired) electrons. The highest BCUT2D eigenvalue weighted by Gasteiger charge is 2.09. The lowest BCUT2D eigenvalue weighted by molar-refractivity contribution is 0.272. The zero-order valence-corrected chi connectivity index (χ0v) is 8.11. The summed E-state index contributed by atoms with van der Waals surface area (Å²) in [5.74, 6) is 1.09. The normalized spacial score (nSPS) is 18.0. The van der Waals surface area contributed by atoms with Crippen molar-refractivity contribution in [2.24, 2.45) is 0 Å². The second-order valence-corrected chi connectivity index (χ2v) is 3.46. The second kappa shape index (κ2) is 4.23. The van der Waals surface area contributed by atoms with Gasteiger partial charge in [-0.25, -0.2) is 9.99 Å². The third-order valence-corrected chi connectivity index (χ3v) is 2.30. The van der Waals surface area contributed by atoms with Crippen molar-refractivity contribution in [2.45, 2.75) is 19.3 Å². The van der Waals surface area contributed by atoms with E-state index in [2.05, 4.69) is 20.4 Å². The van der Waals surface area contributed by atoms with E-state index < -0.39 is 0 Å². The van der Waals surface area contributed by atoms with Gasteiger partial charge in [-0.2, -0.15) is 4.98 Å². The van der Waals surface area contributed by atoms with Crippen LogP contribution < -0.4 is 11.2 Å². The molecule has 1 saturated heterocycles. The van der Waals surface area contributed by atoms with Gasteiger partial charge in [0.05, 0.1) is 0 Å². The Morgan fingerprint density at radius 2 is 2.07 bits per heavy atom. The van der Waals surface area contributed by atoms with Crippen molar-refractivity contribution in [3.63, 3.8) is 0 Å². The molecule has 0 aliphatic carbocycles. The molecule has 1 aliphatic rings. The molecule has 5 heteroatoms. The molecule has 5 nitrogen and oxygen atoms in total. The van der Waals surface area contributed by atoms with Crippen LogP contribution in [0.4, 0.5) is 11.8 Å². The molecule has 1 aromatic rings. The minimum atomic E-state index is 0.312. The van der Waals surface area contributed by atoms with Crippen LogP contribution in [0.15, 0.2) is 12.3 Å². The molecule has 0 bridgehead atoms. The van der Waals surface area contributed by atoms with E-state index in [1.165, 1.54) is 19.3 Å². The zero-order valence-electron chi connectivity index (χ0n) is 8.11. The molecular formula is C9H15N5. The highest BCUT2D eigenvalue weighted by atomic mass is 15.5. The van der Waals surface area contributed by atoms with Gasteiger partial charge >= 0.3 is 0 Å². The average Bonchev–Trinajstić information content (AvgIpc) is 2.19. The van der Waals surface area contributed by atoms with E-state index in [-0.39, 0.29) is 0 Å². The van der Waals surface area contributed by atoms with Gasteiger partial charge in [-0.05, 0) is 12.8 Å². The lowest BCUT2D eigenvalue weighted by Gasteiger charge is -2.27. The molecule has 0 amide bonds. The summed E-state index contributed by atoms with van der Waals surface area (Å²) >= 11 is 0. The molecule has 76 valence electrons. The van der Waals surface area contributed by atoms with Gasteiger partial charge in [0.2, 0.25) is 5.95 Å². The standard InChI is InChI=1S/C9H15N5/c10-9-11-5-4-8(12-9)13-14-6-2-1-3-7-14/h4-5H,1-3,6-7H2,(H3,10,11,12,13). The fraction of sp³-hybridized carbons (Fsp3) is 0.556. The monoisotopic (exact) mass is 193 g/mol. The molecule has 3 N–H and O–H groups in total. The molecule has 2 rings (SSSR count). The van der Waals surface area contributed by atoms with E-state index in [0.29, 0.717) is 5.95 Å². The summed E-state index contributed by atoms with van der Waals surface area (Å²) < 4.78 is 0. The van der Waals surface area contributed by atoms with E-state index in [0.717, 1.165) is 18.9 Å². The van der Waals surface area contributed by atoms with Crippen LogP contribution in [0.25, 0.3) is 0 Å². The minimum Gasteiger partial charge on any atom is -0.368 e. The number of nitrogens with one attached hydrogen (secondary N) is 1. The first-order chi connectivity index (χ1) is 6.84. The summed E-state index contributed by atoms with van der Waals surface area (Å²) in [6.45, 7) is 2.15. The molecule has 1 fully saturated rings. The van der Waals surface area contributed by atoms with Gasteiger partial charge < -0.3 is 11.2 Å². The van der Waals surface area contributed by atoms with Crippen molar-refractivity contribution in [1.82, 2.24) is 15.0 Å². The predicted molar refractivity (Wildman–Crippen MR) is 55.5 cm³/mol. The Labute approximate surface area is 83.3 Å². The van der Waals surface area contributed by atoms with Crippen LogP contribution in [-0.4, -0.2) is 28.1 Å². The first kappa shape index (κ1) is 9.21. The number of nitrogens with zero attached hydrogens (tertiary/aromatic N) is 3. The second-order valence-electron chi connectivity index (χ2n) is 3.46. The third kappa shape index (κ3) is 2.32. The van der Waals surface area contributed by atoms with E-state index >= 15 is 0 Å². The van der Waals surface area contributed by atoms with E-state index in [1.807, 2.05) is 6.07 Å². The number of hydrogen-bond acceptors (Lipinski definition) is 5. The Morgan fingerprint density at radius 3 is 2.79 bits per heavy atom. The van der Waals surface area contributed by atoms with Gasteiger partial charge in [0.1, 0.15) is 5.82 Å². The first-order valence-electron chi connectivity index (χ1n) is 4.95. The van der Waals surface area contributed by atoms with Gasteiger partial charge in [-0.1, -0.05) is 6.42 Å². The molecule has 0 saturated carbocycles. The highest BCUT2D eigenvalue weighted by Crippen LogP contribution is 2.10. The van der Waals surface area contributed by atoms with Crippen LogP contribution in [0.1, 0.15) is 19.3 Å². The number of rotatable bonds is 2. The summed E-state index contributed by atoms with van der Waals surface area (Å²) in [4.78, 5) is 7.92. The van der Waals surface area contributed by atoms with Gasteiger partial charge in [0.25, 0.3) is 0 Å². The maximum atomic E-state index is 5.48. The number of nitrogen functional groups attached to an aromatic ring is 1. The summed E-state index contributed by atoms with van der Waals surface area (Å²) in [7, 11) is 0. The van der Waals surface area contributed by atoms with Crippen molar-refractivity contribution in [1.29, 1.82) is 0 Å². The number of anilines is 2. The van der Waals surface area contributed by atoms with Crippen LogP contribution in [0.3, 0.4) is 0 Å². The van der Waals surface area contributed by atoms with Gasteiger partial charge in [0.15, 0.2) is 0 Å². The van der Waals surface area contributed by atoms with Crippen molar-refractivity contribution in [3.8, 4) is 0 Å². The lowest BCUT2D eigenvalue weighted by Crippen LogP contribution is -2.35. The van der Waals surface area contributed by atoms with E-state index in [4.69, 9.17) is 5.73 Å². The van der Waals surface area contributed by atoms with Crippen LogP contribution in [-0.2, 0) is 0 Å². The molecule has 0 unspecified atom stereocenters. The molecule has 14 heavy (non-hydrogen) atoms. The Morgan fingerprint density at radius 1 is 1.29 bits per heavy atom. The fourth-order valence-corrected chi connectivity index (χ4v) is 1.60. The fourth-order valence-electron chi connectivity index (χ4n) is 1.60. The zero-order chi connectivity index (χ0) is 9.80. The quantitative estimate of drug-likeness (QED) is 0.729. The van der Waals surface area contributed by atoms with Crippen LogP contribution in [0.5, 0.6) is 0 Å². The summed E-state index contributed by atoms with van der Waals surface area (Å²) in [6.07, 6.45) is 5.47. The lowest BCUT2D eigenvalue weighted by atomic mass is 10.2. The Kier molecular flexibility index (Phi) is 2.78. The summed E-state index contributed by atoms with van der Waals surface area (Å²) in [6, 6.07) is 1.82. The molecule has 2 heterocycles. The van der Waals surface area contributed by atoms with Crippen LogP contribution >= 0.6 is 0 Å². The topological polar surface area (TPSA) is 67.1 Å². The number of hydrogen-bond donors (Lipinski definition) is 2. The number of hydrazine groups is 1. The summed E-state index contributed by atoms with van der Waals surface area (Å²) in [5.41, 5.74) is 8.71. The van der Waals surface area contributed by atoms with Crippen molar-refractivity contribution >= 4 is 11.8 Å². The Balaban J connectivity index is 1.95. The largest absolute Gasteiger partial charge is 0.368 e. The molecule has 0 aromatic carbocycles. The van der Waals surface area contributed by atoms with Gasteiger partial charge in [0, 0.05) is 25.4 Å². The number of piperidine rings is 1. The van der Waals surface area contributed by atoms with Crippen molar-refractivity contribution < 1.29 is 0 Å². The highest BCUT2D eigenvalue weighted by molar-refractivity contribution is 5.36. The first-order valence-corrected chi connectivity index (χ1v) is 4.95. The van der Waals surface area contributed by atoms with Crippen LogP contribution in [0.2, 0.25) is 0 Å². The van der Waals surface area contributed by atoms with E-state index in [9.17, 15) is 0 Å². The molecule has 0 spiro atoms. The molecule has 1 aliphatic heterocycles. The van der Waals surface area contributed by atoms with Crippen molar-refractivity contribution in [3.05, 3.63) is 12.3 Å². The maximum absolute atomic E-state index is 5.48. The minimum absolute atomic E-state index is 0.312. The van der Waals surface area contributed by atoms with Gasteiger partial charge in [-0.3, -0.25) is 0 Å². The Hall–Kier alpha value is -1.36. The average molecular weight is 193 g/mol. The molecule has 0 atom stereocenters. The van der Waals surface area contributed by atoms with Crippen molar-refractivity contribution in [2.75, 3.05) is 24.2 Å².